The molecule has 0 aliphatic heterocycles. The Morgan fingerprint density at radius 3 is 2.75 bits per heavy atom. The van der Waals surface area contributed by atoms with Gasteiger partial charge in [-0.25, -0.2) is 0 Å². The van der Waals surface area contributed by atoms with Crippen LogP contribution in [-0.2, 0) is 0 Å². The van der Waals surface area contributed by atoms with Crippen LogP contribution in [0.25, 0.3) is 0 Å². The maximum Gasteiger partial charge on any atom is 0.0756 e. The van der Waals surface area contributed by atoms with Gasteiger partial charge >= 0.3 is 0 Å². The summed E-state index contributed by atoms with van der Waals surface area (Å²) in [5.41, 5.74) is 5.66. The van der Waals surface area contributed by atoms with E-state index in [2.05, 4.69) is 10.2 Å². The number of aromatic nitrogens is 3. The van der Waals surface area contributed by atoms with E-state index in [0.717, 1.165) is 6.54 Å². The SMILES string of the molecule is NCC1CCCC1n1nccn1. The predicted molar refractivity (Wildman–Crippen MR) is 45.5 cm³/mol. The summed E-state index contributed by atoms with van der Waals surface area (Å²) in [6.45, 7) is 0.756. The van der Waals surface area contributed by atoms with Crippen LogP contribution in [0, 0.1) is 5.92 Å². The molecule has 0 aromatic carbocycles. The molecular formula is C8H14N4. The number of hydrogen-bond acceptors (Lipinski definition) is 3. The van der Waals surface area contributed by atoms with Crippen LogP contribution in [0.2, 0.25) is 0 Å². The molecule has 4 nitrogen and oxygen atoms in total. The molecule has 0 radical (unpaired) electrons. The van der Waals surface area contributed by atoms with Gasteiger partial charge in [-0.15, -0.1) is 0 Å². The van der Waals surface area contributed by atoms with Crippen LogP contribution in [0.4, 0.5) is 0 Å². The van der Waals surface area contributed by atoms with Gasteiger partial charge in [0.15, 0.2) is 0 Å². The Hall–Kier alpha value is -0.900. The van der Waals surface area contributed by atoms with Gasteiger partial charge in [-0.05, 0) is 25.3 Å². The molecule has 12 heavy (non-hydrogen) atoms. The molecule has 1 aliphatic carbocycles. The van der Waals surface area contributed by atoms with E-state index in [4.69, 9.17) is 5.73 Å². The van der Waals surface area contributed by atoms with Crippen molar-refractivity contribution in [2.75, 3.05) is 6.54 Å². The summed E-state index contributed by atoms with van der Waals surface area (Å²) in [6, 6.07) is 0.449. The molecule has 2 unspecified atom stereocenters. The highest BCUT2D eigenvalue weighted by Gasteiger charge is 2.28. The highest BCUT2D eigenvalue weighted by Crippen LogP contribution is 2.33. The standard InChI is InChI=1S/C8H14N4/c9-6-7-2-1-3-8(7)12-10-4-5-11-12/h4-5,7-8H,1-3,6,9H2. The van der Waals surface area contributed by atoms with E-state index in [1.165, 1.54) is 19.3 Å². The second-order valence-electron chi connectivity index (χ2n) is 3.34. The quantitative estimate of drug-likeness (QED) is 0.699. The molecule has 0 amide bonds. The minimum Gasteiger partial charge on any atom is -0.330 e. The molecule has 1 heterocycles. The first-order valence-electron chi connectivity index (χ1n) is 4.47. The van der Waals surface area contributed by atoms with Gasteiger partial charge in [-0.2, -0.15) is 15.0 Å². The molecule has 1 aromatic heterocycles. The third-order valence-corrected chi connectivity index (χ3v) is 2.65. The van der Waals surface area contributed by atoms with Crippen LogP contribution in [0.15, 0.2) is 12.4 Å². The summed E-state index contributed by atoms with van der Waals surface area (Å²) < 4.78 is 0. The van der Waals surface area contributed by atoms with Gasteiger partial charge in [0.1, 0.15) is 0 Å². The monoisotopic (exact) mass is 166 g/mol. The largest absolute Gasteiger partial charge is 0.330 e. The number of rotatable bonds is 2. The molecular weight excluding hydrogens is 152 g/mol. The molecule has 66 valence electrons. The van der Waals surface area contributed by atoms with E-state index in [9.17, 15) is 0 Å². The molecule has 0 spiro atoms. The second kappa shape index (κ2) is 3.23. The van der Waals surface area contributed by atoms with Gasteiger partial charge in [0, 0.05) is 0 Å². The molecule has 2 atom stereocenters. The zero-order chi connectivity index (χ0) is 8.39. The van der Waals surface area contributed by atoms with E-state index in [1.54, 1.807) is 12.4 Å². The molecule has 1 saturated carbocycles. The first-order chi connectivity index (χ1) is 5.92. The van der Waals surface area contributed by atoms with Crippen molar-refractivity contribution in [2.24, 2.45) is 11.7 Å². The summed E-state index contributed by atoms with van der Waals surface area (Å²) in [5.74, 6) is 0.581. The summed E-state index contributed by atoms with van der Waals surface area (Å²) in [5, 5.41) is 8.29. The van der Waals surface area contributed by atoms with E-state index < -0.39 is 0 Å². The Morgan fingerprint density at radius 2 is 2.08 bits per heavy atom. The van der Waals surface area contributed by atoms with Gasteiger partial charge in [-0.3, -0.25) is 0 Å². The summed E-state index contributed by atoms with van der Waals surface area (Å²) in [6.07, 6.45) is 7.12. The van der Waals surface area contributed by atoms with E-state index in [0.29, 0.717) is 12.0 Å². The van der Waals surface area contributed by atoms with E-state index >= 15 is 0 Å². The fourth-order valence-corrected chi connectivity index (χ4v) is 1.99. The van der Waals surface area contributed by atoms with Crippen molar-refractivity contribution in [3.05, 3.63) is 12.4 Å². The van der Waals surface area contributed by atoms with Gasteiger partial charge in [0.25, 0.3) is 0 Å². The first-order valence-corrected chi connectivity index (χ1v) is 4.47. The highest BCUT2D eigenvalue weighted by molar-refractivity contribution is 4.81. The fraction of sp³-hybridized carbons (Fsp3) is 0.750. The maximum atomic E-state index is 5.66. The molecule has 2 N–H and O–H groups in total. The predicted octanol–water partition coefficient (Wildman–Crippen LogP) is 0.578. The summed E-state index contributed by atoms with van der Waals surface area (Å²) >= 11 is 0. The van der Waals surface area contributed by atoms with Gasteiger partial charge in [-0.1, -0.05) is 6.42 Å². The van der Waals surface area contributed by atoms with Gasteiger partial charge in [0.05, 0.1) is 18.4 Å². The minimum atomic E-state index is 0.449. The van der Waals surface area contributed by atoms with E-state index in [-0.39, 0.29) is 0 Å². The summed E-state index contributed by atoms with van der Waals surface area (Å²) in [4.78, 5) is 1.81. The van der Waals surface area contributed by atoms with Crippen molar-refractivity contribution >= 4 is 0 Å². The third kappa shape index (κ3) is 1.22. The summed E-state index contributed by atoms with van der Waals surface area (Å²) in [7, 11) is 0. The zero-order valence-electron chi connectivity index (χ0n) is 7.06. The van der Waals surface area contributed by atoms with E-state index in [1.807, 2.05) is 4.80 Å². The van der Waals surface area contributed by atoms with Crippen LogP contribution in [-0.4, -0.2) is 21.5 Å². The first kappa shape index (κ1) is 7.73. The van der Waals surface area contributed by atoms with Crippen molar-refractivity contribution in [1.29, 1.82) is 0 Å². The van der Waals surface area contributed by atoms with Crippen LogP contribution >= 0.6 is 0 Å². The molecule has 0 saturated heterocycles. The fourth-order valence-electron chi connectivity index (χ4n) is 1.99. The van der Waals surface area contributed by atoms with Crippen molar-refractivity contribution < 1.29 is 0 Å². The maximum absolute atomic E-state index is 5.66. The lowest BCUT2D eigenvalue weighted by molar-refractivity contribution is 0.324. The smallest absolute Gasteiger partial charge is 0.0756 e. The van der Waals surface area contributed by atoms with Crippen LogP contribution < -0.4 is 5.73 Å². The Balaban J connectivity index is 2.13. The Kier molecular flexibility index (Phi) is 2.08. The molecule has 2 rings (SSSR count). The third-order valence-electron chi connectivity index (χ3n) is 2.65. The van der Waals surface area contributed by atoms with Crippen molar-refractivity contribution in [3.63, 3.8) is 0 Å². The Bertz CT molecular complexity index is 231. The molecule has 4 heteroatoms. The topological polar surface area (TPSA) is 56.7 Å². The lowest BCUT2D eigenvalue weighted by Crippen LogP contribution is -2.23. The van der Waals surface area contributed by atoms with Gasteiger partial charge in [0.2, 0.25) is 0 Å². The molecule has 0 bridgehead atoms. The number of nitrogens with two attached hydrogens (primary N) is 1. The highest BCUT2D eigenvalue weighted by atomic mass is 15.5. The Morgan fingerprint density at radius 1 is 1.33 bits per heavy atom. The normalized spacial score (nSPS) is 29.4. The zero-order valence-corrected chi connectivity index (χ0v) is 7.06. The average Bonchev–Trinajstić information content (AvgIpc) is 2.74. The van der Waals surface area contributed by atoms with Gasteiger partial charge < -0.3 is 5.73 Å². The number of nitrogens with zero attached hydrogens (tertiary/aromatic N) is 3. The number of hydrogen-bond donors (Lipinski definition) is 1. The average molecular weight is 166 g/mol. The molecule has 1 aromatic rings. The van der Waals surface area contributed by atoms with Crippen molar-refractivity contribution in [2.45, 2.75) is 25.3 Å². The van der Waals surface area contributed by atoms with Crippen LogP contribution in [0.5, 0.6) is 0 Å². The minimum absolute atomic E-state index is 0.449. The molecule has 1 aliphatic rings. The lowest BCUT2D eigenvalue weighted by Gasteiger charge is -2.16. The lowest BCUT2D eigenvalue weighted by atomic mass is 10.1. The molecule has 1 fully saturated rings. The van der Waals surface area contributed by atoms with Crippen molar-refractivity contribution in [1.82, 2.24) is 15.0 Å². The van der Waals surface area contributed by atoms with Crippen molar-refractivity contribution in [3.8, 4) is 0 Å². The van der Waals surface area contributed by atoms with Crippen LogP contribution in [0.1, 0.15) is 25.3 Å². The second-order valence-corrected chi connectivity index (χ2v) is 3.34. The Labute approximate surface area is 71.8 Å². The van der Waals surface area contributed by atoms with Crippen LogP contribution in [0.3, 0.4) is 0 Å².